The summed E-state index contributed by atoms with van der Waals surface area (Å²) in [6.07, 6.45) is 3.51. The monoisotopic (exact) mass is 345 g/mol. The minimum absolute atomic E-state index is 0.157. The second kappa shape index (κ2) is 7.02. The zero-order chi connectivity index (χ0) is 17.8. The van der Waals surface area contributed by atoms with Gasteiger partial charge in [0.1, 0.15) is 0 Å². The molecular weight excluding hydrogens is 330 g/mol. The molecule has 4 aromatic rings. The smallest absolute Gasteiger partial charge is 0.251 e. The number of hydrogen-bond donors (Lipinski definition) is 1. The van der Waals surface area contributed by atoms with Gasteiger partial charge in [-0.05, 0) is 36.4 Å². The molecule has 2 heterocycles. The summed E-state index contributed by atoms with van der Waals surface area (Å²) in [6.45, 7) is 0.157. The van der Waals surface area contributed by atoms with Crippen LogP contribution in [0.4, 0.5) is 0 Å². The van der Waals surface area contributed by atoms with Crippen LogP contribution in [0.3, 0.4) is 0 Å². The first kappa shape index (κ1) is 15.8. The number of aromatic nitrogens is 4. The number of rotatable bonds is 5. The van der Waals surface area contributed by atoms with Gasteiger partial charge in [-0.1, -0.05) is 24.3 Å². The van der Waals surface area contributed by atoms with Crippen LogP contribution in [0.25, 0.3) is 17.1 Å². The lowest BCUT2D eigenvalue weighted by Gasteiger charge is -2.05. The molecule has 0 saturated heterocycles. The largest absolute Gasteiger partial charge is 0.419 e. The number of carbonyl (C=O) groups is 1. The Morgan fingerprint density at radius 1 is 1.04 bits per heavy atom. The van der Waals surface area contributed by atoms with Crippen molar-refractivity contribution in [1.82, 2.24) is 25.3 Å². The van der Waals surface area contributed by atoms with Gasteiger partial charge >= 0.3 is 0 Å². The van der Waals surface area contributed by atoms with Crippen LogP contribution in [-0.4, -0.2) is 25.9 Å². The van der Waals surface area contributed by atoms with Gasteiger partial charge in [-0.2, -0.15) is 5.10 Å². The molecule has 1 N–H and O–H groups in total. The molecule has 2 aromatic carbocycles. The molecule has 0 atom stereocenters. The van der Waals surface area contributed by atoms with Crippen molar-refractivity contribution >= 4 is 5.91 Å². The highest BCUT2D eigenvalue weighted by molar-refractivity contribution is 5.94. The zero-order valence-corrected chi connectivity index (χ0v) is 13.7. The van der Waals surface area contributed by atoms with Crippen molar-refractivity contribution in [3.63, 3.8) is 0 Å². The van der Waals surface area contributed by atoms with Crippen LogP contribution in [0, 0.1) is 0 Å². The summed E-state index contributed by atoms with van der Waals surface area (Å²) in [4.78, 5) is 12.4. The second-order valence-electron chi connectivity index (χ2n) is 5.55. The highest BCUT2D eigenvalue weighted by Gasteiger charge is 2.11. The Hall–Kier alpha value is -3.74. The summed E-state index contributed by atoms with van der Waals surface area (Å²) in [5.41, 5.74) is 2.18. The molecule has 0 spiro atoms. The van der Waals surface area contributed by atoms with Crippen LogP contribution in [0.5, 0.6) is 0 Å². The lowest BCUT2D eigenvalue weighted by atomic mass is 10.2. The molecule has 0 aliphatic heterocycles. The number of hydrogen-bond acceptors (Lipinski definition) is 5. The van der Waals surface area contributed by atoms with Crippen molar-refractivity contribution in [2.75, 3.05) is 0 Å². The molecule has 0 unspecified atom stereocenters. The van der Waals surface area contributed by atoms with Crippen LogP contribution in [0.1, 0.15) is 16.2 Å². The third-order valence-electron chi connectivity index (χ3n) is 3.77. The van der Waals surface area contributed by atoms with Gasteiger partial charge < -0.3 is 9.73 Å². The van der Waals surface area contributed by atoms with Crippen molar-refractivity contribution in [3.8, 4) is 17.1 Å². The highest BCUT2D eigenvalue weighted by Crippen LogP contribution is 2.17. The normalized spacial score (nSPS) is 10.6. The van der Waals surface area contributed by atoms with E-state index in [1.807, 2.05) is 54.7 Å². The first-order valence-electron chi connectivity index (χ1n) is 8.06. The Morgan fingerprint density at radius 3 is 2.73 bits per heavy atom. The first-order valence-corrected chi connectivity index (χ1v) is 8.06. The quantitative estimate of drug-likeness (QED) is 0.601. The molecular formula is C19H15N5O2. The molecule has 0 bridgehead atoms. The zero-order valence-electron chi connectivity index (χ0n) is 13.7. The molecule has 0 aliphatic carbocycles. The van der Waals surface area contributed by atoms with Gasteiger partial charge in [0.05, 0.1) is 12.2 Å². The summed E-state index contributed by atoms with van der Waals surface area (Å²) in [5.74, 6) is 0.550. The minimum atomic E-state index is -0.224. The van der Waals surface area contributed by atoms with Crippen LogP contribution in [0.15, 0.2) is 77.5 Å². The van der Waals surface area contributed by atoms with Crippen molar-refractivity contribution in [3.05, 3.63) is 84.5 Å². The molecule has 0 fully saturated rings. The lowest BCUT2D eigenvalue weighted by molar-refractivity contribution is 0.0947. The summed E-state index contributed by atoms with van der Waals surface area (Å²) in [5, 5.41) is 14.9. The third kappa shape index (κ3) is 3.36. The minimum Gasteiger partial charge on any atom is -0.419 e. The highest BCUT2D eigenvalue weighted by atomic mass is 16.4. The van der Waals surface area contributed by atoms with Gasteiger partial charge in [0.15, 0.2) is 0 Å². The van der Waals surface area contributed by atoms with E-state index in [-0.39, 0.29) is 12.5 Å². The fourth-order valence-electron chi connectivity index (χ4n) is 2.49. The summed E-state index contributed by atoms with van der Waals surface area (Å²) in [6, 6.07) is 18.5. The molecule has 2 aromatic heterocycles. The van der Waals surface area contributed by atoms with E-state index in [0.29, 0.717) is 17.3 Å². The van der Waals surface area contributed by atoms with Crippen LogP contribution in [-0.2, 0) is 6.54 Å². The number of benzene rings is 2. The van der Waals surface area contributed by atoms with Gasteiger partial charge in [0.25, 0.3) is 5.91 Å². The van der Waals surface area contributed by atoms with Crippen LogP contribution < -0.4 is 5.32 Å². The maximum Gasteiger partial charge on any atom is 0.251 e. The average Bonchev–Trinajstić information content (AvgIpc) is 3.39. The maximum atomic E-state index is 12.4. The Labute approximate surface area is 149 Å². The Kier molecular flexibility index (Phi) is 4.26. The van der Waals surface area contributed by atoms with E-state index in [2.05, 4.69) is 20.6 Å². The second-order valence-corrected chi connectivity index (χ2v) is 5.55. The van der Waals surface area contributed by atoms with E-state index in [0.717, 1.165) is 11.3 Å². The first-order chi connectivity index (χ1) is 12.8. The van der Waals surface area contributed by atoms with Gasteiger partial charge in [-0.15, -0.1) is 10.2 Å². The van der Waals surface area contributed by atoms with Gasteiger partial charge in [0.2, 0.25) is 11.8 Å². The molecule has 7 nitrogen and oxygen atoms in total. The summed E-state index contributed by atoms with van der Waals surface area (Å²) in [7, 11) is 0. The summed E-state index contributed by atoms with van der Waals surface area (Å²) >= 11 is 0. The molecule has 0 saturated carbocycles. The molecule has 128 valence electrons. The van der Waals surface area contributed by atoms with Crippen LogP contribution >= 0.6 is 0 Å². The topological polar surface area (TPSA) is 85.8 Å². The van der Waals surface area contributed by atoms with Gasteiger partial charge in [0, 0.05) is 23.5 Å². The fourth-order valence-corrected chi connectivity index (χ4v) is 2.49. The number of amides is 1. The van der Waals surface area contributed by atoms with Crippen molar-refractivity contribution in [1.29, 1.82) is 0 Å². The van der Waals surface area contributed by atoms with E-state index in [9.17, 15) is 4.79 Å². The molecule has 0 aliphatic rings. The van der Waals surface area contributed by atoms with E-state index in [4.69, 9.17) is 4.42 Å². The predicted octanol–water partition coefficient (Wildman–Crippen LogP) is 2.85. The molecule has 26 heavy (non-hydrogen) atoms. The number of carbonyl (C=O) groups excluding carboxylic acids is 1. The van der Waals surface area contributed by atoms with Gasteiger partial charge in [-0.25, -0.2) is 4.68 Å². The third-order valence-corrected chi connectivity index (χ3v) is 3.77. The molecule has 4 rings (SSSR count). The molecule has 1 amide bonds. The SMILES string of the molecule is O=C(NCc1nnc(-c2ccccc2)o1)c1cccc(-n2cccn2)c1. The molecule has 0 radical (unpaired) electrons. The van der Waals surface area contributed by atoms with Crippen LogP contribution in [0.2, 0.25) is 0 Å². The van der Waals surface area contributed by atoms with Crippen molar-refractivity contribution < 1.29 is 9.21 Å². The molecule has 7 heteroatoms. The Morgan fingerprint density at radius 2 is 1.92 bits per heavy atom. The standard InChI is InChI=1S/C19H15N5O2/c25-18(15-8-4-9-16(12-15)24-11-5-10-21-24)20-13-17-22-23-19(26-17)14-6-2-1-3-7-14/h1-12H,13H2,(H,20,25). The van der Waals surface area contributed by atoms with Gasteiger partial charge in [-0.3, -0.25) is 4.79 Å². The van der Waals surface area contributed by atoms with Crippen molar-refractivity contribution in [2.24, 2.45) is 0 Å². The van der Waals surface area contributed by atoms with E-state index in [1.54, 1.807) is 23.0 Å². The van der Waals surface area contributed by atoms with Crippen molar-refractivity contribution in [2.45, 2.75) is 6.54 Å². The maximum absolute atomic E-state index is 12.4. The van der Waals surface area contributed by atoms with E-state index < -0.39 is 0 Å². The number of nitrogens with zero attached hydrogens (tertiary/aromatic N) is 4. The van der Waals surface area contributed by atoms with E-state index >= 15 is 0 Å². The number of nitrogens with one attached hydrogen (secondary N) is 1. The lowest BCUT2D eigenvalue weighted by Crippen LogP contribution is -2.23. The fraction of sp³-hybridized carbons (Fsp3) is 0.0526. The summed E-state index contributed by atoms with van der Waals surface area (Å²) < 4.78 is 7.28. The average molecular weight is 345 g/mol. The predicted molar refractivity (Wildman–Crippen MR) is 94.5 cm³/mol. The van der Waals surface area contributed by atoms with E-state index in [1.165, 1.54) is 0 Å². The Bertz CT molecular complexity index is 1010. The Balaban J connectivity index is 1.43.